The number of carbonyl (C=O) groups is 1. The van der Waals surface area contributed by atoms with E-state index in [2.05, 4.69) is 24.8 Å². The molecular weight excluding hydrogens is 470 g/mol. The number of rotatable bonds is 9. The maximum Gasteiger partial charge on any atom is 0.319 e. The molecule has 3 aromatic rings. The van der Waals surface area contributed by atoms with Crippen molar-refractivity contribution >= 4 is 34.1 Å². The molecule has 2 amide bonds. The van der Waals surface area contributed by atoms with E-state index < -0.39 is 4.92 Å². The summed E-state index contributed by atoms with van der Waals surface area (Å²) in [5.74, 6) is 1.64. The van der Waals surface area contributed by atoms with Gasteiger partial charge in [-0.3, -0.25) is 15.0 Å². The van der Waals surface area contributed by atoms with Crippen LogP contribution in [0.15, 0.2) is 48.5 Å². The van der Waals surface area contributed by atoms with Gasteiger partial charge in [0.05, 0.1) is 12.0 Å². The molecule has 0 atom stereocenters. The van der Waals surface area contributed by atoms with Crippen LogP contribution in [0.5, 0.6) is 5.75 Å². The first-order valence-corrected chi connectivity index (χ1v) is 12.0. The Bertz CT molecular complexity index is 1150. The summed E-state index contributed by atoms with van der Waals surface area (Å²) in [7, 11) is 1.66. The zero-order valence-electron chi connectivity index (χ0n) is 19.3. The Morgan fingerprint density at radius 3 is 2.66 bits per heavy atom. The first-order valence-electron chi connectivity index (χ1n) is 11.2. The lowest BCUT2D eigenvalue weighted by Gasteiger charge is -2.34. The van der Waals surface area contributed by atoms with Gasteiger partial charge in [0.2, 0.25) is 5.13 Å². The zero-order valence-corrected chi connectivity index (χ0v) is 20.2. The molecule has 4 rings (SSSR count). The minimum Gasteiger partial charge on any atom is -0.497 e. The van der Waals surface area contributed by atoms with E-state index in [9.17, 15) is 14.9 Å². The minimum atomic E-state index is -0.476. The van der Waals surface area contributed by atoms with E-state index in [0.29, 0.717) is 18.7 Å². The number of nitrogens with zero attached hydrogens (tertiary/aromatic N) is 5. The Hall–Kier alpha value is -3.77. The average Bonchev–Trinajstić information content (AvgIpc) is 3.33. The van der Waals surface area contributed by atoms with Crippen molar-refractivity contribution in [3.8, 4) is 5.75 Å². The highest BCUT2D eigenvalue weighted by Gasteiger charge is 2.20. The van der Waals surface area contributed by atoms with Gasteiger partial charge in [0.1, 0.15) is 11.6 Å². The normalized spacial score (nSPS) is 13.9. The van der Waals surface area contributed by atoms with E-state index in [4.69, 9.17) is 9.72 Å². The predicted molar refractivity (Wildman–Crippen MR) is 134 cm³/mol. The number of piperazine rings is 1. The lowest BCUT2D eigenvalue weighted by Crippen LogP contribution is -2.48. The van der Waals surface area contributed by atoms with Gasteiger partial charge in [0, 0.05) is 75.0 Å². The summed E-state index contributed by atoms with van der Waals surface area (Å²) in [6, 6.07) is 13.3. The van der Waals surface area contributed by atoms with E-state index in [0.717, 1.165) is 55.0 Å². The molecule has 0 aliphatic carbocycles. The Labute approximate surface area is 207 Å². The number of carbonyl (C=O) groups excluding carboxylic acids is 1. The molecule has 1 aliphatic rings. The Morgan fingerprint density at radius 1 is 1.17 bits per heavy atom. The molecule has 0 saturated carbocycles. The molecule has 0 bridgehead atoms. The van der Waals surface area contributed by atoms with Gasteiger partial charge >= 0.3 is 6.03 Å². The fourth-order valence-electron chi connectivity index (χ4n) is 3.74. The van der Waals surface area contributed by atoms with Gasteiger partial charge < -0.3 is 20.3 Å². The van der Waals surface area contributed by atoms with Crippen LogP contribution in [0.4, 0.5) is 21.3 Å². The molecular formula is C23H27N7O4S. The molecule has 2 N–H and O–H groups in total. The summed E-state index contributed by atoms with van der Waals surface area (Å²) in [5, 5.41) is 17.1. The van der Waals surface area contributed by atoms with Crippen LogP contribution in [-0.4, -0.2) is 71.6 Å². The summed E-state index contributed by atoms with van der Waals surface area (Å²) in [6.07, 6.45) is 0.668. The third-order valence-corrected chi connectivity index (χ3v) is 6.46. The first kappa shape index (κ1) is 24.4. The van der Waals surface area contributed by atoms with Crippen LogP contribution in [0.3, 0.4) is 0 Å². The number of non-ortho nitro benzene ring substituents is 1. The third-order valence-electron chi connectivity index (χ3n) is 5.65. The number of nitrogens with one attached hydrogen (secondary N) is 2. The lowest BCUT2D eigenvalue weighted by atomic mass is 10.1. The molecule has 0 unspecified atom stereocenters. The molecule has 1 aromatic heterocycles. The summed E-state index contributed by atoms with van der Waals surface area (Å²) in [6.45, 7) is 4.68. The third kappa shape index (κ3) is 6.87. The number of hydrogen-bond donors (Lipinski definition) is 2. The summed E-state index contributed by atoms with van der Waals surface area (Å²) < 4.78 is 9.81. The van der Waals surface area contributed by atoms with E-state index in [1.807, 2.05) is 24.3 Å². The van der Waals surface area contributed by atoms with Crippen molar-refractivity contribution < 1.29 is 14.5 Å². The smallest absolute Gasteiger partial charge is 0.319 e. The second kappa shape index (κ2) is 11.6. The van der Waals surface area contributed by atoms with Crippen molar-refractivity contribution in [3.63, 3.8) is 0 Å². The van der Waals surface area contributed by atoms with Gasteiger partial charge in [-0.25, -0.2) is 9.78 Å². The molecule has 0 radical (unpaired) electrons. The minimum absolute atomic E-state index is 0.0169. The number of anilines is 2. The first-order chi connectivity index (χ1) is 17.0. The second-order valence-electron chi connectivity index (χ2n) is 8.04. The van der Waals surface area contributed by atoms with E-state index in [1.165, 1.54) is 35.8 Å². The van der Waals surface area contributed by atoms with Crippen LogP contribution < -0.4 is 20.3 Å². The van der Waals surface area contributed by atoms with Crippen molar-refractivity contribution in [1.29, 1.82) is 0 Å². The standard InChI is InChI=1S/C23H27N7O4S/c1-34-20-4-2-3-17(15-20)16-21-26-23(35-27-21)29-13-11-28(12-14-29)10-9-24-22(31)25-18-5-7-19(8-6-18)30(32)33/h2-8,15H,9-14,16H2,1H3,(H2,24,25,31). The molecule has 1 aliphatic heterocycles. The highest BCUT2D eigenvalue weighted by Crippen LogP contribution is 2.22. The van der Waals surface area contributed by atoms with Crippen molar-refractivity contribution in [2.24, 2.45) is 0 Å². The Balaban J connectivity index is 1.17. The van der Waals surface area contributed by atoms with Crippen molar-refractivity contribution in [3.05, 3.63) is 70.0 Å². The molecule has 0 spiro atoms. The molecule has 184 valence electrons. The highest BCUT2D eigenvalue weighted by molar-refractivity contribution is 7.09. The van der Waals surface area contributed by atoms with E-state index in [1.54, 1.807) is 7.11 Å². The number of ether oxygens (including phenoxy) is 1. The molecule has 11 nitrogen and oxygen atoms in total. The number of urea groups is 1. The number of amides is 2. The van der Waals surface area contributed by atoms with Gasteiger partial charge in [-0.15, -0.1) is 0 Å². The van der Waals surface area contributed by atoms with Crippen LogP contribution in [0.25, 0.3) is 0 Å². The average molecular weight is 498 g/mol. The molecule has 35 heavy (non-hydrogen) atoms. The fourth-order valence-corrected chi connectivity index (χ4v) is 4.48. The number of nitro benzene ring substituents is 1. The number of hydrogen-bond acceptors (Lipinski definition) is 9. The van der Waals surface area contributed by atoms with Crippen LogP contribution in [0, 0.1) is 10.1 Å². The summed E-state index contributed by atoms with van der Waals surface area (Å²) in [5.41, 5.74) is 1.60. The maximum absolute atomic E-state index is 12.1. The summed E-state index contributed by atoms with van der Waals surface area (Å²) in [4.78, 5) is 31.6. The maximum atomic E-state index is 12.1. The monoisotopic (exact) mass is 497 g/mol. The fraction of sp³-hybridized carbons (Fsp3) is 0.348. The van der Waals surface area contributed by atoms with Crippen LogP contribution in [0.1, 0.15) is 11.4 Å². The second-order valence-corrected chi connectivity index (χ2v) is 8.77. The van der Waals surface area contributed by atoms with E-state index in [-0.39, 0.29) is 11.7 Å². The SMILES string of the molecule is COc1cccc(Cc2nsc(N3CCN(CCNC(=O)Nc4ccc([N+](=O)[O-])cc4)CC3)n2)c1. The Morgan fingerprint density at radius 2 is 1.94 bits per heavy atom. The van der Waals surface area contributed by atoms with Gasteiger partial charge in [0.25, 0.3) is 5.69 Å². The quantitative estimate of drug-likeness (QED) is 0.341. The van der Waals surface area contributed by atoms with Crippen LogP contribution in [-0.2, 0) is 6.42 Å². The van der Waals surface area contributed by atoms with Crippen LogP contribution >= 0.6 is 11.5 Å². The molecule has 12 heteroatoms. The van der Waals surface area contributed by atoms with Crippen molar-refractivity contribution in [1.82, 2.24) is 19.6 Å². The molecule has 2 aromatic carbocycles. The topological polar surface area (TPSA) is 126 Å². The molecule has 1 fully saturated rings. The number of aromatic nitrogens is 2. The number of benzene rings is 2. The van der Waals surface area contributed by atoms with Gasteiger partial charge in [-0.2, -0.15) is 4.37 Å². The lowest BCUT2D eigenvalue weighted by molar-refractivity contribution is -0.384. The van der Waals surface area contributed by atoms with Gasteiger partial charge in [-0.05, 0) is 29.8 Å². The predicted octanol–water partition coefficient (Wildman–Crippen LogP) is 2.99. The summed E-state index contributed by atoms with van der Waals surface area (Å²) >= 11 is 1.42. The number of methoxy groups -OCH3 is 1. The highest BCUT2D eigenvalue weighted by atomic mass is 32.1. The van der Waals surface area contributed by atoms with E-state index >= 15 is 0 Å². The Kier molecular flexibility index (Phi) is 8.06. The van der Waals surface area contributed by atoms with Gasteiger partial charge in [-0.1, -0.05) is 12.1 Å². The molecule has 2 heterocycles. The van der Waals surface area contributed by atoms with Crippen molar-refractivity contribution in [2.75, 3.05) is 56.6 Å². The number of nitro groups is 1. The van der Waals surface area contributed by atoms with Crippen LogP contribution in [0.2, 0.25) is 0 Å². The zero-order chi connectivity index (χ0) is 24.6. The van der Waals surface area contributed by atoms with Crippen molar-refractivity contribution in [2.45, 2.75) is 6.42 Å². The van der Waals surface area contributed by atoms with Gasteiger partial charge in [0.15, 0.2) is 0 Å². The molecule has 1 saturated heterocycles. The largest absolute Gasteiger partial charge is 0.497 e.